The molecule has 0 fully saturated rings. The quantitative estimate of drug-likeness (QED) is 0.303. The van der Waals surface area contributed by atoms with Crippen molar-refractivity contribution in [3.05, 3.63) is 0 Å². The molecule has 0 aliphatic rings. The van der Waals surface area contributed by atoms with Crippen molar-refractivity contribution in [1.29, 1.82) is 0 Å². The van der Waals surface area contributed by atoms with E-state index < -0.39 is 7.82 Å². The standard InChI is InChI=1S/AsH3.K.H3O4P.H/c;;1-5(2,3)4;/h1H3;;(H3,1,2,3,4);. The molecule has 0 aromatic rings. The van der Waals surface area contributed by atoms with Crippen molar-refractivity contribution in [3.63, 3.8) is 0 Å². The summed E-state index contributed by atoms with van der Waals surface area (Å²) in [6.45, 7) is 0. The van der Waals surface area contributed by atoms with Crippen LogP contribution in [0.1, 0.15) is 0 Å². The van der Waals surface area contributed by atoms with E-state index in [4.69, 9.17) is 19.2 Å². The van der Waals surface area contributed by atoms with Crippen LogP contribution in [0.15, 0.2) is 0 Å². The van der Waals surface area contributed by atoms with E-state index in [9.17, 15) is 0 Å². The second-order valence-electron chi connectivity index (χ2n) is 0.513. The molecule has 0 aromatic heterocycles. The molecule has 0 bridgehead atoms. The summed E-state index contributed by atoms with van der Waals surface area (Å²) < 4.78 is 8.88. The topological polar surface area (TPSA) is 77.8 Å². The van der Waals surface area contributed by atoms with Crippen LogP contribution in [-0.4, -0.2) is 84.0 Å². The van der Waals surface area contributed by atoms with Gasteiger partial charge in [0.25, 0.3) is 0 Å². The van der Waals surface area contributed by atoms with Gasteiger partial charge in [0.15, 0.2) is 0 Å². The summed E-state index contributed by atoms with van der Waals surface area (Å²) >= 11 is 0. The van der Waals surface area contributed by atoms with Gasteiger partial charge in [-0.2, -0.15) is 0 Å². The molecule has 0 aliphatic heterocycles. The monoisotopic (exact) mass is 216 g/mol. The Labute approximate surface area is 94.7 Å². The number of phosphoric acid groups is 1. The Hall–Kier alpha value is 2.30. The first-order valence-electron chi connectivity index (χ1n) is 0.783. The molecular formula is H7AsKO4P. The molecule has 1 atom stereocenters. The fourth-order valence-corrected chi connectivity index (χ4v) is 0. The average molecular weight is 216 g/mol. The zero-order valence-electron chi connectivity index (χ0n) is 2.90. The van der Waals surface area contributed by atoms with Crippen LogP contribution in [-0.2, 0) is 4.57 Å². The minimum absolute atomic E-state index is 0. The van der Waals surface area contributed by atoms with Gasteiger partial charge in [0.05, 0.1) is 0 Å². The van der Waals surface area contributed by atoms with Crippen molar-refractivity contribution in [2.24, 2.45) is 0 Å². The van der Waals surface area contributed by atoms with Crippen LogP contribution >= 0.6 is 7.82 Å². The average Bonchev–Trinajstić information content (AvgIpc) is 0.722. The predicted molar refractivity (Wildman–Crippen MR) is 31.4 cm³/mol. The molecule has 0 heterocycles. The number of hydrogen-bond acceptors (Lipinski definition) is 1. The first-order chi connectivity index (χ1) is 2.00. The van der Waals surface area contributed by atoms with Gasteiger partial charge in [0.1, 0.15) is 0 Å². The van der Waals surface area contributed by atoms with Crippen LogP contribution in [0.2, 0.25) is 0 Å². The molecule has 0 spiro atoms. The van der Waals surface area contributed by atoms with Crippen LogP contribution in [0.5, 0.6) is 0 Å². The molecule has 0 saturated carbocycles. The fraction of sp³-hybridized carbons (Fsp3) is 0. The Morgan fingerprint density at radius 3 is 1.14 bits per heavy atom. The van der Waals surface area contributed by atoms with E-state index in [1.54, 1.807) is 0 Å². The minimum atomic E-state index is -4.64. The summed E-state index contributed by atoms with van der Waals surface area (Å²) in [4.78, 5) is 21.6. The van der Waals surface area contributed by atoms with E-state index in [1.165, 1.54) is 0 Å². The first kappa shape index (κ1) is 16.1. The Morgan fingerprint density at radius 2 is 1.14 bits per heavy atom. The molecule has 1 unspecified atom stereocenters. The summed E-state index contributed by atoms with van der Waals surface area (Å²) in [6.07, 6.45) is 0. The Morgan fingerprint density at radius 1 is 1.14 bits per heavy atom. The van der Waals surface area contributed by atoms with Crippen molar-refractivity contribution >= 4 is 77.2 Å². The van der Waals surface area contributed by atoms with Gasteiger partial charge in [0.2, 0.25) is 0 Å². The van der Waals surface area contributed by atoms with E-state index in [2.05, 4.69) is 0 Å². The SMILES string of the molecule is O=P(O)(O)O.[AsH3].[KH]. The molecule has 0 amide bonds. The van der Waals surface area contributed by atoms with Crippen molar-refractivity contribution in [3.8, 4) is 0 Å². The van der Waals surface area contributed by atoms with Crippen molar-refractivity contribution in [2.45, 2.75) is 0 Å². The second-order valence-corrected chi connectivity index (χ2v) is 1.54. The van der Waals surface area contributed by atoms with Gasteiger partial charge in [-0.15, -0.1) is 0 Å². The van der Waals surface area contributed by atoms with Crippen molar-refractivity contribution in [1.82, 2.24) is 0 Å². The van der Waals surface area contributed by atoms with E-state index in [1.807, 2.05) is 0 Å². The predicted octanol–water partition coefficient (Wildman–Crippen LogP) is -2.76. The number of hydrogen-bond donors (Lipinski definition) is 3. The van der Waals surface area contributed by atoms with Gasteiger partial charge in [-0.25, -0.2) is 4.57 Å². The summed E-state index contributed by atoms with van der Waals surface area (Å²) in [5.74, 6) is 0. The van der Waals surface area contributed by atoms with Gasteiger partial charge >= 0.3 is 77.2 Å². The van der Waals surface area contributed by atoms with Gasteiger partial charge < -0.3 is 14.7 Å². The van der Waals surface area contributed by atoms with Gasteiger partial charge in [-0.1, -0.05) is 0 Å². The van der Waals surface area contributed by atoms with E-state index >= 15 is 0 Å². The van der Waals surface area contributed by atoms with Crippen LogP contribution in [0.3, 0.4) is 0 Å². The zero-order chi connectivity index (χ0) is 4.50. The van der Waals surface area contributed by atoms with Crippen molar-refractivity contribution < 1.29 is 19.2 Å². The third-order valence-corrected chi connectivity index (χ3v) is 0. The normalized spacial score (nSPS) is 8.43. The summed E-state index contributed by atoms with van der Waals surface area (Å²) in [7, 11) is -4.64. The van der Waals surface area contributed by atoms with Gasteiger partial charge in [0, 0.05) is 0 Å². The number of rotatable bonds is 0. The first-order valence-corrected chi connectivity index (χ1v) is 2.35. The maximum absolute atomic E-state index is 8.88. The molecule has 3 N–H and O–H groups in total. The molecule has 0 aromatic carbocycles. The summed E-state index contributed by atoms with van der Waals surface area (Å²) in [5, 5.41) is 0. The van der Waals surface area contributed by atoms with E-state index in [0.717, 1.165) is 0 Å². The Kier molecular flexibility index (Phi) is 14.8. The maximum atomic E-state index is 8.88. The third kappa shape index (κ3) is 62.1. The molecule has 42 valence electrons. The van der Waals surface area contributed by atoms with E-state index in [0.29, 0.717) is 0 Å². The third-order valence-electron chi connectivity index (χ3n) is 0. The molecule has 7 heteroatoms. The van der Waals surface area contributed by atoms with Crippen LogP contribution < -0.4 is 0 Å². The molecule has 0 saturated heterocycles. The van der Waals surface area contributed by atoms with Crippen molar-refractivity contribution in [2.75, 3.05) is 0 Å². The Balaban J connectivity index is -0.0000000800. The molecule has 0 radical (unpaired) electrons. The molecular weight excluding hydrogens is 209 g/mol. The molecule has 7 heavy (non-hydrogen) atoms. The fourth-order valence-electron chi connectivity index (χ4n) is 0. The van der Waals surface area contributed by atoms with Crippen LogP contribution in [0.25, 0.3) is 0 Å². The van der Waals surface area contributed by atoms with Gasteiger partial charge in [-0.3, -0.25) is 0 Å². The summed E-state index contributed by atoms with van der Waals surface area (Å²) in [6, 6.07) is 0. The Bertz CT molecular complexity index is 57.8. The summed E-state index contributed by atoms with van der Waals surface area (Å²) in [5.41, 5.74) is 0. The van der Waals surface area contributed by atoms with Crippen LogP contribution in [0.4, 0.5) is 0 Å². The van der Waals surface area contributed by atoms with E-state index in [-0.39, 0.29) is 69.3 Å². The van der Waals surface area contributed by atoms with Crippen LogP contribution in [0, 0.1) is 0 Å². The molecule has 4 nitrogen and oxygen atoms in total. The van der Waals surface area contributed by atoms with Gasteiger partial charge in [-0.05, 0) is 0 Å². The second kappa shape index (κ2) is 6.43. The molecule has 0 rings (SSSR count). The molecule has 0 aliphatic carbocycles. The zero-order valence-corrected chi connectivity index (χ0v) is 6.77.